The first kappa shape index (κ1) is 25.3. The molecule has 2 aromatic heterocycles. The molecule has 0 fully saturated rings. The molecule has 4 aliphatic heterocycles. The SMILES string of the molecule is Cc1c2cccc1N(c1ccccc1)c1cc(C(C)(C)C)cc3[n+]1[PH]1=C4N(C=CN43)c3ccc4c(c-2cn4-c2ccccc2)c31. The highest BCUT2D eigenvalue weighted by molar-refractivity contribution is 7.63. The molecule has 218 valence electrons. The van der Waals surface area contributed by atoms with Crippen LogP contribution in [-0.2, 0) is 5.41 Å². The van der Waals surface area contributed by atoms with Gasteiger partial charge in [-0.2, -0.15) is 0 Å². The third-order valence-electron chi connectivity index (χ3n) is 9.96. The molecule has 0 saturated carbocycles. The van der Waals surface area contributed by atoms with Gasteiger partial charge in [-0.3, -0.25) is 4.90 Å². The lowest BCUT2D eigenvalue weighted by atomic mass is 9.87. The fraction of sp³-hybridized carbons (Fsp3) is 0.128. The van der Waals surface area contributed by atoms with E-state index in [1.165, 1.54) is 78.4 Å². The Morgan fingerprint density at radius 3 is 2.13 bits per heavy atom. The van der Waals surface area contributed by atoms with Crippen molar-refractivity contribution >= 4 is 58.1 Å². The Bertz CT molecular complexity index is 2330. The Labute approximate surface area is 263 Å². The monoisotopic (exact) mass is 602 g/mol. The van der Waals surface area contributed by atoms with Crippen LogP contribution in [0.1, 0.15) is 31.9 Å². The largest absolute Gasteiger partial charge is 0.316 e. The van der Waals surface area contributed by atoms with E-state index in [2.05, 4.69) is 173 Å². The number of aromatic nitrogens is 2. The van der Waals surface area contributed by atoms with Crippen molar-refractivity contribution in [1.29, 1.82) is 0 Å². The van der Waals surface area contributed by atoms with Crippen molar-refractivity contribution in [3.05, 3.63) is 133 Å². The summed E-state index contributed by atoms with van der Waals surface area (Å²) in [5, 5.41) is 2.85. The highest BCUT2D eigenvalue weighted by atomic mass is 31.1. The average molecular weight is 603 g/mol. The second-order valence-corrected chi connectivity index (χ2v) is 15.6. The van der Waals surface area contributed by atoms with Crippen molar-refractivity contribution in [2.45, 2.75) is 33.1 Å². The molecule has 0 aliphatic carbocycles. The van der Waals surface area contributed by atoms with Gasteiger partial charge in [0.1, 0.15) is 19.1 Å². The van der Waals surface area contributed by atoms with Crippen LogP contribution in [0.4, 0.5) is 28.7 Å². The summed E-state index contributed by atoms with van der Waals surface area (Å²) in [5.74, 6) is 2.48. The Balaban J connectivity index is 1.43. The predicted molar refractivity (Wildman–Crippen MR) is 189 cm³/mol. The van der Waals surface area contributed by atoms with Gasteiger partial charge in [-0.15, -0.1) is 0 Å². The minimum absolute atomic E-state index is 0.0190. The fourth-order valence-electron chi connectivity index (χ4n) is 7.79. The number of anilines is 5. The average Bonchev–Trinajstić information content (AvgIpc) is 3.79. The van der Waals surface area contributed by atoms with Gasteiger partial charge in [0.15, 0.2) is 0 Å². The number of hydrogen-bond donors (Lipinski definition) is 0. The molecular formula is C39H33N5P+. The Hall–Kier alpha value is -4.99. The fourth-order valence-corrected chi connectivity index (χ4v) is 11.0. The van der Waals surface area contributed by atoms with Gasteiger partial charge in [-0.25, -0.2) is 14.1 Å². The molecular weight excluding hydrogens is 569 g/mol. The Morgan fingerprint density at radius 1 is 0.667 bits per heavy atom. The van der Waals surface area contributed by atoms with Crippen LogP contribution < -0.4 is 24.3 Å². The number of hydrogen-bond acceptors (Lipinski definition) is 3. The predicted octanol–water partition coefficient (Wildman–Crippen LogP) is 8.49. The molecule has 4 aromatic carbocycles. The first-order chi connectivity index (χ1) is 21.9. The molecule has 0 N–H and O–H groups in total. The van der Waals surface area contributed by atoms with Gasteiger partial charge in [0.25, 0.3) is 0 Å². The second-order valence-electron chi connectivity index (χ2n) is 13.5. The van der Waals surface area contributed by atoms with E-state index in [-0.39, 0.29) is 5.41 Å². The summed E-state index contributed by atoms with van der Waals surface area (Å²) in [7, 11) is -1.45. The van der Waals surface area contributed by atoms with E-state index in [0.29, 0.717) is 0 Å². The molecule has 0 amide bonds. The maximum atomic E-state index is 2.70. The van der Waals surface area contributed by atoms with Gasteiger partial charge < -0.3 is 4.57 Å². The molecule has 0 radical (unpaired) electrons. The molecule has 5 nitrogen and oxygen atoms in total. The zero-order valence-corrected chi connectivity index (χ0v) is 26.8. The van der Waals surface area contributed by atoms with Crippen molar-refractivity contribution in [2.75, 3.05) is 14.7 Å². The highest BCUT2D eigenvalue weighted by Gasteiger charge is 2.50. The quantitative estimate of drug-likeness (QED) is 0.185. The summed E-state index contributed by atoms with van der Waals surface area (Å²) in [6, 6.07) is 38.2. The first-order valence-electron chi connectivity index (χ1n) is 15.7. The third kappa shape index (κ3) is 3.21. The van der Waals surface area contributed by atoms with Crippen LogP contribution in [0.3, 0.4) is 0 Å². The molecule has 1 unspecified atom stereocenters. The Kier molecular flexibility index (Phi) is 4.84. The normalized spacial score (nSPS) is 16.8. The van der Waals surface area contributed by atoms with E-state index >= 15 is 0 Å². The number of nitrogens with zero attached hydrogens (tertiary/aromatic N) is 5. The maximum Gasteiger partial charge on any atom is 0.237 e. The van der Waals surface area contributed by atoms with E-state index in [4.69, 9.17) is 0 Å². The van der Waals surface area contributed by atoms with Crippen LogP contribution in [0.5, 0.6) is 0 Å². The smallest absolute Gasteiger partial charge is 0.237 e. The molecule has 4 aliphatic rings. The van der Waals surface area contributed by atoms with Crippen molar-refractivity contribution in [3.8, 4) is 16.8 Å². The van der Waals surface area contributed by atoms with Gasteiger partial charge in [0.05, 0.1) is 17.4 Å². The number of rotatable bonds is 2. The summed E-state index contributed by atoms with van der Waals surface area (Å²) in [6.45, 7) is 9.28. The van der Waals surface area contributed by atoms with Crippen molar-refractivity contribution in [2.24, 2.45) is 0 Å². The van der Waals surface area contributed by atoms with Crippen LogP contribution in [0.25, 0.3) is 27.7 Å². The van der Waals surface area contributed by atoms with Crippen LogP contribution in [0.15, 0.2) is 122 Å². The molecule has 6 heteroatoms. The molecule has 45 heavy (non-hydrogen) atoms. The lowest BCUT2D eigenvalue weighted by Gasteiger charge is -2.29. The zero-order chi connectivity index (χ0) is 30.2. The van der Waals surface area contributed by atoms with E-state index in [1.807, 2.05) is 0 Å². The van der Waals surface area contributed by atoms with E-state index < -0.39 is 7.70 Å². The molecule has 10 rings (SSSR count). The second kappa shape index (κ2) is 8.59. The van der Waals surface area contributed by atoms with E-state index in [9.17, 15) is 0 Å². The van der Waals surface area contributed by atoms with Crippen LogP contribution in [0, 0.1) is 6.92 Å². The number of pyridine rings is 1. The maximum absolute atomic E-state index is 2.70. The molecule has 2 bridgehead atoms. The summed E-state index contributed by atoms with van der Waals surface area (Å²) in [6.07, 6.45) is 6.93. The minimum atomic E-state index is -1.45. The molecule has 6 heterocycles. The summed E-state index contributed by atoms with van der Waals surface area (Å²) >= 11 is 0. The van der Waals surface area contributed by atoms with Gasteiger partial charge in [0, 0.05) is 46.5 Å². The summed E-state index contributed by atoms with van der Waals surface area (Å²) in [4.78, 5) is 7.45. The number of benzene rings is 4. The van der Waals surface area contributed by atoms with Gasteiger partial charge >= 0.3 is 0 Å². The molecule has 0 spiro atoms. The summed E-state index contributed by atoms with van der Waals surface area (Å²) < 4.78 is 5.10. The minimum Gasteiger partial charge on any atom is -0.316 e. The van der Waals surface area contributed by atoms with Gasteiger partial charge in [-0.1, -0.05) is 69.3 Å². The summed E-state index contributed by atoms with van der Waals surface area (Å²) in [5.41, 5.74) is 12.7. The lowest BCUT2D eigenvalue weighted by molar-refractivity contribution is -0.473. The van der Waals surface area contributed by atoms with Crippen molar-refractivity contribution < 1.29 is 4.34 Å². The van der Waals surface area contributed by atoms with Crippen molar-refractivity contribution in [1.82, 2.24) is 4.57 Å². The van der Waals surface area contributed by atoms with Crippen molar-refractivity contribution in [3.63, 3.8) is 0 Å². The van der Waals surface area contributed by atoms with E-state index in [0.717, 1.165) is 0 Å². The Morgan fingerprint density at radius 2 is 1.38 bits per heavy atom. The van der Waals surface area contributed by atoms with Gasteiger partial charge in [0.2, 0.25) is 17.2 Å². The van der Waals surface area contributed by atoms with Gasteiger partial charge in [-0.05, 0) is 71.5 Å². The van der Waals surface area contributed by atoms with E-state index in [1.54, 1.807) is 0 Å². The third-order valence-corrected chi connectivity index (χ3v) is 12.7. The van der Waals surface area contributed by atoms with Crippen LogP contribution in [0.2, 0.25) is 0 Å². The van der Waals surface area contributed by atoms with Crippen LogP contribution >= 0.6 is 7.70 Å². The molecule has 0 saturated heterocycles. The highest BCUT2D eigenvalue weighted by Crippen LogP contribution is 2.53. The number of para-hydroxylation sites is 2. The van der Waals surface area contributed by atoms with Crippen LogP contribution in [-0.4, -0.2) is 10.1 Å². The zero-order valence-electron chi connectivity index (χ0n) is 25.8. The molecule has 6 aromatic rings. The topological polar surface area (TPSA) is 18.5 Å². The lowest BCUT2D eigenvalue weighted by Crippen LogP contribution is -2.38. The first-order valence-corrected chi connectivity index (χ1v) is 17.2. The standard InChI is InChI=1S/C39H33N5P/c1-25-29-16-11-17-31(25)43(28-14-9-6-10-15-28)35-23-26(39(2,3)4)22-34-41-21-20-40-33-19-18-32-36(37(33)45(38(40)41)44(34)35)30(29)24-42(32)27-12-7-5-8-13-27/h5-24,45H,1-4H3/q+1. The number of fused-ring (bicyclic) bond motifs is 5. The molecule has 1 atom stereocenters.